The Balaban J connectivity index is 1.83. The lowest BCUT2D eigenvalue weighted by atomic mass is 10.2. The topological polar surface area (TPSA) is 56.1 Å². The van der Waals surface area contributed by atoms with E-state index in [4.69, 9.17) is 5.26 Å². The number of likely N-dealkylation sites (N-methyl/N-ethyl adjacent to an activating group) is 1. The third-order valence-electron chi connectivity index (χ3n) is 3.10. The maximum atomic E-state index is 11.7. The zero-order valence-corrected chi connectivity index (χ0v) is 10.5. The second-order valence-electron chi connectivity index (χ2n) is 4.76. The van der Waals surface area contributed by atoms with E-state index in [-0.39, 0.29) is 5.91 Å². The average Bonchev–Trinajstić information content (AvgIpc) is 3.20. The highest BCUT2D eigenvalue weighted by Gasteiger charge is 2.21. The largest absolute Gasteiger partial charge is 0.365 e. The molecule has 4 heteroatoms. The van der Waals surface area contributed by atoms with Gasteiger partial charge in [0.2, 0.25) is 5.91 Å². The van der Waals surface area contributed by atoms with Crippen molar-refractivity contribution in [2.24, 2.45) is 5.92 Å². The van der Waals surface area contributed by atoms with E-state index in [1.165, 1.54) is 12.8 Å². The first-order valence-corrected chi connectivity index (χ1v) is 6.17. The third-order valence-corrected chi connectivity index (χ3v) is 3.10. The van der Waals surface area contributed by atoms with E-state index in [0.29, 0.717) is 18.0 Å². The fourth-order valence-corrected chi connectivity index (χ4v) is 1.73. The molecule has 1 aromatic rings. The quantitative estimate of drug-likeness (QED) is 0.853. The summed E-state index contributed by atoms with van der Waals surface area (Å²) in [5.41, 5.74) is 1.57. The Morgan fingerprint density at radius 3 is 2.67 bits per heavy atom. The van der Waals surface area contributed by atoms with Crippen LogP contribution in [0, 0.1) is 17.2 Å². The van der Waals surface area contributed by atoms with Crippen LogP contribution in [0.3, 0.4) is 0 Å². The molecule has 0 radical (unpaired) electrons. The molecule has 1 amide bonds. The molecule has 2 rings (SSSR count). The van der Waals surface area contributed by atoms with Gasteiger partial charge < -0.3 is 10.2 Å². The molecule has 94 valence electrons. The van der Waals surface area contributed by atoms with Crippen molar-refractivity contribution in [1.29, 1.82) is 5.26 Å². The summed E-state index contributed by atoms with van der Waals surface area (Å²) in [4.78, 5) is 13.6. The first-order valence-electron chi connectivity index (χ1n) is 6.17. The molecule has 1 fully saturated rings. The molecule has 0 bridgehead atoms. The van der Waals surface area contributed by atoms with E-state index < -0.39 is 0 Å². The van der Waals surface area contributed by atoms with Crippen LogP contribution >= 0.6 is 0 Å². The van der Waals surface area contributed by atoms with Gasteiger partial charge in [-0.1, -0.05) is 0 Å². The summed E-state index contributed by atoms with van der Waals surface area (Å²) in [6.07, 6.45) is 2.48. The lowest BCUT2D eigenvalue weighted by Crippen LogP contribution is -2.36. The van der Waals surface area contributed by atoms with E-state index in [1.807, 2.05) is 24.1 Å². The average molecular weight is 243 g/mol. The Labute approximate surface area is 107 Å². The highest BCUT2D eigenvalue weighted by molar-refractivity contribution is 5.81. The molecule has 1 aromatic carbocycles. The number of anilines is 1. The molecule has 1 aliphatic carbocycles. The number of benzene rings is 1. The highest BCUT2D eigenvalue weighted by atomic mass is 16.2. The molecular formula is C14H17N3O. The molecule has 4 nitrogen and oxygen atoms in total. The van der Waals surface area contributed by atoms with Crippen molar-refractivity contribution in [1.82, 2.24) is 5.32 Å². The molecule has 1 saturated carbocycles. The van der Waals surface area contributed by atoms with Crippen molar-refractivity contribution in [3.05, 3.63) is 29.8 Å². The van der Waals surface area contributed by atoms with E-state index in [1.54, 1.807) is 12.1 Å². The van der Waals surface area contributed by atoms with Crippen LogP contribution in [0.2, 0.25) is 0 Å². The van der Waals surface area contributed by atoms with E-state index >= 15 is 0 Å². The van der Waals surface area contributed by atoms with Gasteiger partial charge in [-0.2, -0.15) is 5.26 Å². The molecule has 1 aliphatic rings. The Morgan fingerprint density at radius 2 is 2.11 bits per heavy atom. The predicted molar refractivity (Wildman–Crippen MR) is 70.2 cm³/mol. The first kappa shape index (κ1) is 12.4. The number of nitrogens with one attached hydrogen (secondary N) is 1. The Kier molecular flexibility index (Phi) is 3.83. The molecular weight excluding hydrogens is 226 g/mol. The lowest BCUT2D eigenvalue weighted by Gasteiger charge is -2.18. The van der Waals surface area contributed by atoms with Crippen molar-refractivity contribution in [3.63, 3.8) is 0 Å². The van der Waals surface area contributed by atoms with Crippen LogP contribution in [-0.2, 0) is 4.79 Å². The number of amides is 1. The standard InChI is InChI=1S/C14H17N3O/c1-17(10-14(18)16-9-12-2-3-12)13-6-4-11(8-15)5-7-13/h4-7,12H,2-3,9-10H2,1H3,(H,16,18). The van der Waals surface area contributed by atoms with Gasteiger partial charge in [0.05, 0.1) is 18.2 Å². The second kappa shape index (κ2) is 5.54. The van der Waals surface area contributed by atoms with Gasteiger partial charge in [-0.05, 0) is 43.0 Å². The second-order valence-corrected chi connectivity index (χ2v) is 4.76. The highest BCUT2D eigenvalue weighted by Crippen LogP contribution is 2.27. The predicted octanol–water partition coefficient (Wildman–Crippen LogP) is 1.52. The SMILES string of the molecule is CN(CC(=O)NCC1CC1)c1ccc(C#N)cc1. The number of hydrogen-bond donors (Lipinski definition) is 1. The van der Waals surface area contributed by atoms with Gasteiger partial charge in [-0.25, -0.2) is 0 Å². The Morgan fingerprint density at radius 1 is 1.44 bits per heavy atom. The Hall–Kier alpha value is -2.02. The molecule has 1 N–H and O–H groups in total. The van der Waals surface area contributed by atoms with Crippen LogP contribution in [0.25, 0.3) is 0 Å². The van der Waals surface area contributed by atoms with Gasteiger partial charge in [0, 0.05) is 19.3 Å². The summed E-state index contributed by atoms with van der Waals surface area (Å²) in [5, 5.41) is 11.6. The van der Waals surface area contributed by atoms with Crippen LogP contribution in [0.4, 0.5) is 5.69 Å². The maximum Gasteiger partial charge on any atom is 0.239 e. The lowest BCUT2D eigenvalue weighted by molar-refractivity contribution is -0.119. The summed E-state index contributed by atoms with van der Waals surface area (Å²) >= 11 is 0. The van der Waals surface area contributed by atoms with Crippen molar-refractivity contribution in [2.75, 3.05) is 25.0 Å². The molecule has 0 unspecified atom stereocenters. The third kappa shape index (κ3) is 3.49. The van der Waals surface area contributed by atoms with Crippen LogP contribution < -0.4 is 10.2 Å². The molecule has 0 saturated heterocycles. The summed E-state index contributed by atoms with van der Waals surface area (Å²) < 4.78 is 0. The summed E-state index contributed by atoms with van der Waals surface area (Å²) in [7, 11) is 1.87. The van der Waals surface area contributed by atoms with Crippen LogP contribution in [0.5, 0.6) is 0 Å². The number of rotatable bonds is 5. The van der Waals surface area contributed by atoms with Crippen LogP contribution in [0.1, 0.15) is 18.4 Å². The van der Waals surface area contributed by atoms with E-state index in [0.717, 1.165) is 12.2 Å². The van der Waals surface area contributed by atoms with Crippen molar-refractivity contribution < 1.29 is 4.79 Å². The molecule has 18 heavy (non-hydrogen) atoms. The Bertz CT molecular complexity index is 457. The van der Waals surface area contributed by atoms with Crippen molar-refractivity contribution in [2.45, 2.75) is 12.8 Å². The first-order chi connectivity index (χ1) is 8.69. The van der Waals surface area contributed by atoms with Gasteiger partial charge in [0.1, 0.15) is 0 Å². The van der Waals surface area contributed by atoms with Gasteiger partial charge >= 0.3 is 0 Å². The molecule has 0 aromatic heterocycles. The van der Waals surface area contributed by atoms with Gasteiger partial charge in [-0.3, -0.25) is 4.79 Å². The van der Waals surface area contributed by atoms with Gasteiger partial charge in [0.25, 0.3) is 0 Å². The van der Waals surface area contributed by atoms with Crippen molar-refractivity contribution in [3.8, 4) is 6.07 Å². The normalized spacial score (nSPS) is 13.8. The minimum Gasteiger partial charge on any atom is -0.365 e. The minimum absolute atomic E-state index is 0.0498. The maximum absolute atomic E-state index is 11.7. The monoisotopic (exact) mass is 243 g/mol. The molecule has 0 atom stereocenters. The van der Waals surface area contributed by atoms with Crippen LogP contribution in [0.15, 0.2) is 24.3 Å². The summed E-state index contributed by atoms with van der Waals surface area (Å²) in [6, 6.07) is 9.30. The fraction of sp³-hybridized carbons (Fsp3) is 0.429. The zero-order chi connectivity index (χ0) is 13.0. The van der Waals surface area contributed by atoms with E-state index in [2.05, 4.69) is 11.4 Å². The van der Waals surface area contributed by atoms with Crippen molar-refractivity contribution >= 4 is 11.6 Å². The smallest absolute Gasteiger partial charge is 0.239 e. The number of carbonyl (C=O) groups is 1. The van der Waals surface area contributed by atoms with E-state index in [9.17, 15) is 4.79 Å². The number of nitrogens with zero attached hydrogens (tertiary/aromatic N) is 2. The van der Waals surface area contributed by atoms with Gasteiger partial charge in [-0.15, -0.1) is 0 Å². The minimum atomic E-state index is 0.0498. The number of hydrogen-bond acceptors (Lipinski definition) is 3. The van der Waals surface area contributed by atoms with Gasteiger partial charge in [0.15, 0.2) is 0 Å². The fourth-order valence-electron chi connectivity index (χ4n) is 1.73. The van der Waals surface area contributed by atoms with Crippen LogP contribution in [-0.4, -0.2) is 26.0 Å². The summed E-state index contributed by atoms with van der Waals surface area (Å²) in [6.45, 7) is 1.15. The number of nitriles is 1. The molecule has 0 aliphatic heterocycles. The molecule has 0 spiro atoms. The zero-order valence-electron chi connectivity index (χ0n) is 10.5. The molecule has 0 heterocycles. The number of carbonyl (C=O) groups excluding carboxylic acids is 1. The summed E-state index contributed by atoms with van der Waals surface area (Å²) in [5.74, 6) is 0.753.